The quantitative estimate of drug-likeness (QED) is 0.431. The Bertz CT molecular complexity index is 975. The minimum absolute atomic E-state index is 0.132. The minimum atomic E-state index is -0.974. The predicted octanol–water partition coefficient (Wildman–Crippen LogP) is 3.37. The molecule has 2 atom stereocenters. The van der Waals surface area contributed by atoms with E-state index in [0.717, 1.165) is 16.7 Å². The molecule has 3 amide bonds. The second-order valence-electron chi connectivity index (χ2n) is 9.31. The van der Waals surface area contributed by atoms with E-state index in [4.69, 9.17) is 4.74 Å². The summed E-state index contributed by atoms with van der Waals surface area (Å²) in [4.78, 5) is 39.2. The number of phenols is 1. The molecule has 2 rings (SSSR count). The number of rotatable bonds is 9. The average Bonchev–Trinajstić information content (AvgIpc) is 3.21. The van der Waals surface area contributed by atoms with Gasteiger partial charge in [0.05, 0.1) is 0 Å². The summed E-state index contributed by atoms with van der Waals surface area (Å²) in [6, 6.07) is 5.41. The van der Waals surface area contributed by atoms with Crippen molar-refractivity contribution in [3.8, 4) is 5.75 Å². The zero-order valence-electron chi connectivity index (χ0n) is 20.7. The molecule has 0 aliphatic rings. The molecule has 2 aromatic rings. The van der Waals surface area contributed by atoms with Gasteiger partial charge in [-0.2, -0.15) is 0 Å². The molecule has 0 aliphatic carbocycles. The number of benzene rings is 1. The van der Waals surface area contributed by atoms with Crippen LogP contribution in [0.15, 0.2) is 29.6 Å². The van der Waals surface area contributed by atoms with Crippen LogP contribution in [-0.4, -0.2) is 47.2 Å². The summed E-state index contributed by atoms with van der Waals surface area (Å²) in [7, 11) is 0. The highest BCUT2D eigenvalue weighted by Gasteiger charge is 2.28. The first kappa shape index (κ1) is 27.2. The molecule has 0 aliphatic heterocycles. The monoisotopic (exact) mass is 489 g/mol. The van der Waals surface area contributed by atoms with Gasteiger partial charge in [0, 0.05) is 17.8 Å². The summed E-state index contributed by atoms with van der Waals surface area (Å²) < 4.78 is 5.33. The Kier molecular flexibility index (Phi) is 9.49. The molecule has 0 fully saturated rings. The number of alkyl carbamates (subject to hydrolysis) is 1. The highest BCUT2D eigenvalue weighted by Crippen LogP contribution is 2.22. The van der Waals surface area contributed by atoms with Crippen molar-refractivity contribution in [2.24, 2.45) is 0 Å². The molecule has 8 nitrogen and oxygen atoms in total. The van der Waals surface area contributed by atoms with Crippen LogP contribution in [0.25, 0.3) is 0 Å². The first-order valence-corrected chi connectivity index (χ1v) is 12.1. The lowest BCUT2D eigenvalue weighted by Gasteiger charge is -2.25. The van der Waals surface area contributed by atoms with Crippen molar-refractivity contribution >= 4 is 29.2 Å². The molecule has 1 heterocycles. The molecular formula is C25H35N3O5S. The minimum Gasteiger partial charge on any atom is -0.508 e. The summed E-state index contributed by atoms with van der Waals surface area (Å²) in [6.45, 7) is 10.9. The van der Waals surface area contributed by atoms with Crippen LogP contribution in [-0.2, 0) is 27.2 Å². The Balaban J connectivity index is 2.08. The molecule has 0 unspecified atom stereocenters. The van der Waals surface area contributed by atoms with Gasteiger partial charge >= 0.3 is 6.09 Å². The van der Waals surface area contributed by atoms with Gasteiger partial charge < -0.3 is 25.8 Å². The third-order valence-corrected chi connectivity index (χ3v) is 6.04. The van der Waals surface area contributed by atoms with E-state index >= 15 is 0 Å². The molecule has 0 radical (unpaired) electrons. The number of carbonyl (C=O) groups is 3. The van der Waals surface area contributed by atoms with Crippen LogP contribution >= 0.6 is 11.3 Å². The van der Waals surface area contributed by atoms with Gasteiger partial charge in [0.25, 0.3) is 0 Å². The summed E-state index contributed by atoms with van der Waals surface area (Å²) >= 11 is 1.62. The molecular weight excluding hydrogens is 454 g/mol. The number of amides is 3. The molecule has 0 bridgehead atoms. The largest absolute Gasteiger partial charge is 0.508 e. The Morgan fingerprint density at radius 2 is 1.74 bits per heavy atom. The van der Waals surface area contributed by atoms with Gasteiger partial charge in [-0.05, 0) is 88.2 Å². The van der Waals surface area contributed by atoms with Crippen molar-refractivity contribution < 1.29 is 24.2 Å². The van der Waals surface area contributed by atoms with E-state index in [2.05, 4.69) is 16.0 Å². The molecule has 1 aromatic carbocycles. The van der Waals surface area contributed by atoms with Gasteiger partial charge in [-0.3, -0.25) is 9.59 Å². The normalized spacial score (nSPS) is 13.0. The van der Waals surface area contributed by atoms with E-state index in [1.54, 1.807) is 51.2 Å². The van der Waals surface area contributed by atoms with Crippen molar-refractivity contribution in [3.05, 3.63) is 51.2 Å². The van der Waals surface area contributed by atoms with Gasteiger partial charge in [0.1, 0.15) is 23.4 Å². The van der Waals surface area contributed by atoms with Gasteiger partial charge in [-0.15, -0.1) is 11.3 Å². The van der Waals surface area contributed by atoms with Gasteiger partial charge in [0.15, 0.2) is 0 Å². The summed E-state index contributed by atoms with van der Waals surface area (Å²) in [5.41, 5.74) is 1.67. The van der Waals surface area contributed by atoms with Crippen LogP contribution < -0.4 is 16.0 Å². The second kappa shape index (κ2) is 11.9. The van der Waals surface area contributed by atoms with Gasteiger partial charge in [0.2, 0.25) is 11.8 Å². The zero-order valence-corrected chi connectivity index (χ0v) is 21.5. The van der Waals surface area contributed by atoms with Crippen LogP contribution in [0.3, 0.4) is 0 Å². The molecule has 186 valence electrons. The van der Waals surface area contributed by atoms with Crippen molar-refractivity contribution in [1.82, 2.24) is 16.0 Å². The van der Waals surface area contributed by atoms with Gasteiger partial charge in [-0.25, -0.2) is 4.79 Å². The zero-order chi connectivity index (χ0) is 25.5. The van der Waals surface area contributed by atoms with Crippen LogP contribution in [0.1, 0.15) is 49.3 Å². The Morgan fingerprint density at radius 1 is 1.09 bits per heavy atom. The lowest BCUT2D eigenvalue weighted by atomic mass is 9.95. The average molecular weight is 490 g/mol. The number of hydrogen-bond donors (Lipinski definition) is 4. The van der Waals surface area contributed by atoms with E-state index in [9.17, 15) is 19.5 Å². The number of phenolic OH excluding ortho intramolecular Hbond substituents is 1. The molecule has 1 aromatic heterocycles. The molecule has 34 heavy (non-hydrogen) atoms. The second-order valence-corrected chi connectivity index (χ2v) is 10.3. The Labute approximate surface area is 205 Å². The Hall–Kier alpha value is -3.07. The highest BCUT2D eigenvalue weighted by molar-refractivity contribution is 7.09. The predicted molar refractivity (Wildman–Crippen MR) is 133 cm³/mol. The van der Waals surface area contributed by atoms with Crippen LogP contribution in [0.2, 0.25) is 0 Å². The number of nitrogens with one attached hydrogen (secondary N) is 3. The van der Waals surface area contributed by atoms with Crippen molar-refractivity contribution in [2.75, 3.05) is 6.54 Å². The number of hydrogen-bond acceptors (Lipinski definition) is 6. The van der Waals surface area contributed by atoms with E-state index in [-0.39, 0.29) is 18.1 Å². The fourth-order valence-electron chi connectivity index (χ4n) is 3.45. The molecule has 0 spiro atoms. The number of thiophene rings is 1. The molecule has 0 saturated heterocycles. The van der Waals surface area contributed by atoms with Crippen LogP contribution in [0.5, 0.6) is 5.75 Å². The first-order valence-electron chi connectivity index (χ1n) is 11.2. The summed E-state index contributed by atoms with van der Waals surface area (Å²) in [5, 5.41) is 20.0. The third kappa shape index (κ3) is 8.70. The van der Waals surface area contributed by atoms with E-state index < -0.39 is 29.7 Å². The van der Waals surface area contributed by atoms with E-state index in [0.29, 0.717) is 13.0 Å². The number of aromatic hydroxyl groups is 1. The lowest BCUT2D eigenvalue weighted by Crippen LogP contribution is -2.54. The van der Waals surface area contributed by atoms with Gasteiger partial charge in [-0.1, -0.05) is 6.07 Å². The molecule has 0 saturated carbocycles. The van der Waals surface area contributed by atoms with E-state index in [1.165, 1.54) is 4.88 Å². The number of aryl methyl sites for hydroxylation is 2. The van der Waals surface area contributed by atoms with E-state index in [1.807, 2.05) is 31.4 Å². The highest BCUT2D eigenvalue weighted by atomic mass is 32.1. The smallest absolute Gasteiger partial charge is 0.408 e. The van der Waals surface area contributed by atoms with Crippen molar-refractivity contribution in [1.29, 1.82) is 0 Å². The summed E-state index contributed by atoms with van der Waals surface area (Å²) in [5.74, 6) is -0.677. The SMILES string of the molecule is Cc1cc(O)cc(C)c1C[C@H](NC(=O)OC(C)(C)C)C(=O)N[C@H](C)C(=O)NCCc1cccs1. The topological polar surface area (TPSA) is 117 Å². The van der Waals surface area contributed by atoms with Crippen molar-refractivity contribution in [3.63, 3.8) is 0 Å². The fraction of sp³-hybridized carbons (Fsp3) is 0.480. The maximum Gasteiger partial charge on any atom is 0.408 e. The standard InChI is InChI=1S/C25H35N3O5S/c1-15-12-18(29)13-16(2)20(15)14-21(28-24(32)33-25(4,5)6)23(31)27-17(3)22(30)26-10-9-19-8-7-11-34-19/h7-8,11-13,17,21,29H,9-10,14H2,1-6H3,(H,26,30)(H,27,31)(H,28,32)/t17-,21+/m1/s1. The van der Waals surface area contributed by atoms with Crippen molar-refractivity contribution in [2.45, 2.75) is 72.1 Å². The lowest BCUT2D eigenvalue weighted by molar-refractivity contribution is -0.129. The van der Waals surface area contributed by atoms with Crippen LogP contribution in [0, 0.1) is 13.8 Å². The molecule has 9 heteroatoms. The molecule has 4 N–H and O–H groups in total. The Morgan fingerprint density at radius 3 is 2.29 bits per heavy atom. The fourth-order valence-corrected chi connectivity index (χ4v) is 4.16. The maximum atomic E-state index is 13.1. The first-order chi connectivity index (χ1) is 15.9. The summed E-state index contributed by atoms with van der Waals surface area (Å²) in [6.07, 6.45) is 0.164. The maximum absolute atomic E-state index is 13.1. The van der Waals surface area contributed by atoms with Crippen LogP contribution in [0.4, 0.5) is 4.79 Å². The number of carbonyl (C=O) groups excluding carboxylic acids is 3. The number of ether oxygens (including phenoxy) is 1. The third-order valence-electron chi connectivity index (χ3n) is 5.10.